The van der Waals surface area contributed by atoms with E-state index in [1.54, 1.807) is 5.94 Å². The van der Waals surface area contributed by atoms with Gasteiger partial charge in [-0.15, -0.1) is 0 Å². The fourth-order valence-corrected chi connectivity index (χ4v) is 4.16. The molecule has 3 N–H and O–H groups in total. The summed E-state index contributed by atoms with van der Waals surface area (Å²) in [5.74, 6) is 0.390. The monoisotopic (exact) mass is 366 g/mol. The van der Waals surface area contributed by atoms with Crippen molar-refractivity contribution in [3.8, 4) is 0 Å². The zero-order chi connectivity index (χ0) is 18.4. The van der Waals surface area contributed by atoms with E-state index in [2.05, 4.69) is 15.5 Å². The number of hydrogen-bond donors (Lipinski definition) is 3. The number of nitrogens with zero attached hydrogens (tertiary/aromatic N) is 2. The minimum absolute atomic E-state index is 0.0219. The number of rotatable bonds is 6. The van der Waals surface area contributed by atoms with E-state index in [1.165, 1.54) is 0 Å². The first-order valence-electron chi connectivity index (χ1n) is 9.72. The molecule has 146 valence electrons. The highest BCUT2D eigenvalue weighted by Gasteiger charge is 2.35. The van der Waals surface area contributed by atoms with Gasteiger partial charge in [0, 0.05) is 32.2 Å². The van der Waals surface area contributed by atoms with Crippen molar-refractivity contribution in [2.75, 3.05) is 52.4 Å². The topological polar surface area (TPSA) is 94.1 Å². The van der Waals surface area contributed by atoms with Crippen LogP contribution in [0.25, 0.3) is 0 Å². The molecule has 3 saturated heterocycles. The Labute approximate surface area is 154 Å². The maximum atomic E-state index is 11.5. The first-order chi connectivity index (χ1) is 12.7. The fraction of sp³-hybridized carbons (Fsp3) is 0.833. The van der Waals surface area contributed by atoms with Gasteiger partial charge in [0.15, 0.2) is 11.8 Å². The fourth-order valence-electron chi connectivity index (χ4n) is 4.16. The predicted octanol–water partition coefficient (Wildman–Crippen LogP) is -0.707. The van der Waals surface area contributed by atoms with Gasteiger partial charge in [-0.05, 0) is 51.9 Å². The first-order valence-corrected chi connectivity index (χ1v) is 9.72. The summed E-state index contributed by atoms with van der Waals surface area (Å²) in [5.41, 5.74) is -0.307. The normalized spacial score (nSPS) is 25.5. The molecule has 3 aliphatic heterocycles. The Balaban J connectivity index is 1.62. The van der Waals surface area contributed by atoms with Crippen LogP contribution >= 0.6 is 0 Å². The zero-order valence-electron chi connectivity index (χ0n) is 15.3. The molecule has 3 heterocycles. The molecule has 0 spiro atoms. The highest BCUT2D eigenvalue weighted by molar-refractivity contribution is 5.96. The molecule has 1 atom stereocenters. The lowest BCUT2D eigenvalue weighted by Crippen LogP contribution is -2.56. The summed E-state index contributed by atoms with van der Waals surface area (Å²) in [6.45, 7) is 7.00. The molecule has 0 aromatic rings. The number of carbonyl (C=O) groups is 1. The van der Waals surface area contributed by atoms with Crippen LogP contribution in [0.5, 0.6) is 0 Å². The van der Waals surface area contributed by atoms with Crippen LogP contribution in [0.15, 0.2) is 5.57 Å². The Hall–Kier alpha value is -1.28. The van der Waals surface area contributed by atoms with Crippen LogP contribution in [-0.4, -0.2) is 97.5 Å². The van der Waals surface area contributed by atoms with Crippen molar-refractivity contribution < 1.29 is 19.4 Å². The molecule has 0 aromatic carbocycles. The van der Waals surface area contributed by atoms with Crippen molar-refractivity contribution >= 4 is 11.9 Å². The first kappa shape index (κ1) is 19.5. The summed E-state index contributed by atoms with van der Waals surface area (Å²) in [6, 6.07) is 0.600. The van der Waals surface area contributed by atoms with Crippen molar-refractivity contribution in [3.05, 3.63) is 5.57 Å². The SMILES string of the molecule is O=C=C(C(=O)O)C(OC1CCNCC1)N1CCN(C2CCNCC2)CC1. The van der Waals surface area contributed by atoms with Crippen LogP contribution < -0.4 is 10.6 Å². The summed E-state index contributed by atoms with van der Waals surface area (Å²) >= 11 is 0. The smallest absolute Gasteiger partial charge is 0.346 e. The number of piperidine rings is 2. The highest BCUT2D eigenvalue weighted by atomic mass is 16.5. The van der Waals surface area contributed by atoms with Crippen LogP contribution in [0, 0.1) is 0 Å². The zero-order valence-corrected chi connectivity index (χ0v) is 15.3. The van der Waals surface area contributed by atoms with Gasteiger partial charge in [0.2, 0.25) is 0 Å². The third-order valence-electron chi connectivity index (χ3n) is 5.70. The number of carboxylic acids is 1. The van der Waals surface area contributed by atoms with E-state index in [-0.39, 0.29) is 11.7 Å². The van der Waals surface area contributed by atoms with Gasteiger partial charge < -0.3 is 20.5 Å². The van der Waals surface area contributed by atoms with E-state index in [0.717, 1.165) is 65.0 Å². The van der Waals surface area contributed by atoms with Crippen LogP contribution in [-0.2, 0) is 14.3 Å². The second-order valence-electron chi connectivity index (χ2n) is 7.31. The van der Waals surface area contributed by atoms with E-state index in [1.807, 2.05) is 4.90 Å². The summed E-state index contributed by atoms with van der Waals surface area (Å²) in [4.78, 5) is 27.3. The molecule has 0 amide bonds. The van der Waals surface area contributed by atoms with Gasteiger partial charge in [0.05, 0.1) is 6.10 Å². The number of carboxylic acid groups (broad SMARTS) is 1. The lowest BCUT2D eigenvalue weighted by atomic mass is 10.0. The molecule has 8 nitrogen and oxygen atoms in total. The van der Waals surface area contributed by atoms with E-state index in [9.17, 15) is 14.7 Å². The molecule has 0 saturated carbocycles. The maximum Gasteiger partial charge on any atom is 0.346 e. The molecule has 3 aliphatic rings. The van der Waals surface area contributed by atoms with Crippen molar-refractivity contribution in [3.63, 3.8) is 0 Å². The van der Waals surface area contributed by atoms with E-state index < -0.39 is 12.2 Å². The predicted molar refractivity (Wildman–Crippen MR) is 96.6 cm³/mol. The second-order valence-corrected chi connectivity index (χ2v) is 7.31. The number of carbonyl (C=O) groups excluding carboxylic acids is 1. The van der Waals surface area contributed by atoms with Crippen molar-refractivity contribution in [2.24, 2.45) is 0 Å². The van der Waals surface area contributed by atoms with Gasteiger partial charge in [-0.25, -0.2) is 9.59 Å². The van der Waals surface area contributed by atoms with Gasteiger partial charge in [-0.2, -0.15) is 0 Å². The summed E-state index contributed by atoms with van der Waals surface area (Å²) in [6.07, 6.45) is 3.15. The van der Waals surface area contributed by atoms with Gasteiger partial charge in [-0.1, -0.05) is 0 Å². The lowest BCUT2D eigenvalue weighted by Gasteiger charge is -2.43. The largest absolute Gasteiger partial charge is 0.477 e. The molecule has 0 aliphatic carbocycles. The van der Waals surface area contributed by atoms with E-state index in [4.69, 9.17) is 4.74 Å². The Morgan fingerprint density at radius 1 is 1.00 bits per heavy atom. The second kappa shape index (κ2) is 9.60. The average Bonchev–Trinajstić information content (AvgIpc) is 2.69. The maximum absolute atomic E-state index is 11.5. The molecule has 0 bridgehead atoms. The van der Waals surface area contributed by atoms with Crippen LogP contribution in [0.2, 0.25) is 0 Å². The number of aliphatic carboxylic acids is 1. The molecule has 1 unspecified atom stereocenters. The standard InChI is InChI=1S/C18H30N4O4/c23-13-16(18(24)25)17(26-15-3-7-20-8-4-15)22-11-9-21(10-12-22)14-1-5-19-6-2-14/h14-15,17,19-20H,1-12H2,(H,24,25). The van der Waals surface area contributed by atoms with Gasteiger partial charge >= 0.3 is 5.97 Å². The number of piperazine rings is 1. The number of hydrogen-bond acceptors (Lipinski definition) is 7. The molecular weight excluding hydrogens is 336 g/mol. The highest BCUT2D eigenvalue weighted by Crippen LogP contribution is 2.21. The van der Waals surface area contributed by atoms with Crippen molar-refractivity contribution in [1.29, 1.82) is 0 Å². The number of nitrogens with one attached hydrogen (secondary N) is 2. The van der Waals surface area contributed by atoms with Gasteiger partial charge in [0.1, 0.15) is 5.94 Å². The van der Waals surface area contributed by atoms with E-state index >= 15 is 0 Å². The summed E-state index contributed by atoms with van der Waals surface area (Å²) in [5, 5.41) is 16.1. The van der Waals surface area contributed by atoms with E-state index in [0.29, 0.717) is 19.1 Å². The van der Waals surface area contributed by atoms with Crippen LogP contribution in [0.4, 0.5) is 0 Å². The molecule has 26 heavy (non-hydrogen) atoms. The molecule has 3 fully saturated rings. The van der Waals surface area contributed by atoms with Gasteiger partial charge in [-0.3, -0.25) is 9.80 Å². The Morgan fingerprint density at radius 3 is 2.12 bits per heavy atom. The van der Waals surface area contributed by atoms with Crippen LogP contribution in [0.3, 0.4) is 0 Å². The summed E-state index contributed by atoms with van der Waals surface area (Å²) in [7, 11) is 0. The summed E-state index contributed by atoms with van der Waals surface area (Å²) < 4.78 is 6.10. The van der Waals surface area contributed by atoms with Crippen molar-refractivity contribution in [1.82, 2.24) is 20.4 Å². The quantitative estimate of drug-likeness (QED) is 0.419. The minimum atomic E-state index is -1.24. The molecule has 0 aromatic heterocycles. The molecule has 0 radical (unpaired) electrons. The lowest BCUT2D eigenvalue weighted by molar-refractivity contribution is -0.141. The van der Waals surface area contributed by atoms with Gasteiger partial charge in [0.25, 0.3) is 0 Å². The average molecular weight is 366 g/mol. The number of ether oxygens (including phenoxy) is 1. The Kier molecular flexibility index (Phi) is 7.19. The van der Waals surface area contributed by atoms with Crippen molar-refractivity contribution in [2.45, 2.75) is 44.1 Å². The Morgan fingerprint density at radius 2 is 1.58 bits per heavy atom. The molecular formula is C18H30N4O4. The third kappa shape index (κ3) is 4.91. The molecule has 8 heteroatoms. The molecule has 3 rings (SSSR count). The Bertz CT molecular complexity index is 517. The van der Waals surface area contributed by atoms with Crippen LogP contribution in [0.1, 0.15) is 25.7 Å². The third-order valence-corrected chi connectivity index (χ3v) is 5.70. The minimum Gasteiger partial charge on any atom is -0.477 e.